The summed E-state index contributed by atoms with van der Waals surface area (Å²) in [5.74, 6) is -1.40. The van der Waals surface area contributed by atoms with E-state index in [0.717, 1.165) is 12.6 Å². The minimum absolute atomic E-state index is 0.106. The van der Waals surface area contributed by atoms with Gasteiger partial charge >= 0.3 is 0 Å². The van der Waals surface area contributed by atoms with E-state index in [4.69, 9.17) is 4.52 Å². The summed E-state index contributed by atoms with van der Waals surface area (Å²) in [5, 5.41) is 3.89. The second kappa shape index (κ2) is 6.02. The summed E-state index contributed by atoms with van der Waals surface area (Å²) in [6, 6.07) is 0.239. The van der Waals surface area contributed by atoms with Crippen LogP contribution in [0.4, 0.5) is 8.78 Å². The summed E-state index contributed by atoms with van der Waals surface area (Å²) >= 11 is 0. The monoisotopic (exact) mass is 322 g/mol. The van der Waals surface area contributed by atoms with E-state index in [2.05, 4.69) is 15.1 Å². The Kier molecular flexibility index (Phi) is 4.06. The predicted molar refractivity (Wildman–Crippen MR) is 75.6 cm³/mol. The van der Waals surface area contributed by atoms with Gasteiger partial charge in [-0.05, 0) is 12.8 Å². The molecule has 0 aromatic carbocycles. The maximum atomic E-state index is 13.8. The van der Waals surface area contributed by atoms with Gasteiger partial charge < -0.3 is 9.42 Å². The quantitative estimate of drug-likeness (QED) is 0.869. The Morgan fingerprint density at radius 3 is 2.87 bits per heavy atom. The number of pyridine rings is 1. The fourth-order valence-electron chi connectivity index (χ4n) is 2.59. The number of hydrogen-bond acceptors (Lipinski definition) is 5. The molecule has 0 unspecified atom stereocenters. The maximum absolute atomic E-state index is 13.8. The predicted octanol–water partition coefficient (Wildman–Crippen LogP) is 2.84. The Bertz CT molecular complexity index is 732. The van der Waals surface area contributed by atoms with Crippen LogP contribution in [0.1, 0.15) is 60.9 Å². The molecule has 1 saturated heterocycles. The number of carbonyl (C=O) groups is 1. The first-order valence-electron chi connectivity index (χ1n) is 7.43. The molecule has 2 aromatic heterocycles. The zero-order valence-electron chi connectivity index (χ0n) is 12.8. The van der Waals surface area contributed by atoms with E-state index in [9.17, 15) is 13.6 Å². The third-order valence-corrected chi connectivity index (χ3v) is 3.78. The average Bonchev–Trinajstić information content (AvgIpc) is 3.15. The van der Waals surface area contributed by atoms with Gasteiger partial charge in [0.15, 0.2) is 17.3 Å². The molecule has 3 rings (SSSR count). The van der Waals surface area contributed by atoms with Crippen LogP contribution in [0.15, 0.2) is 16.8 Å². The van der Waals surface area contributed by atoms with Gasteiger partial charge in [-0.1, -0.05) is 19.0 Å². The highest BCUT2D eigenvalue weighted by atomic mass is 19.1. The maximum Gasteiger partial charge on any atom is 0.276 e. The molecule has 0 N–H and O–H groups in total. The van der Waals surface area contributed by atoms with Gasteiger partial charge in [-0.2, -0.15) is 4.98 Å². The first kappa shape index (κ1) is 15.5. The molecule has 3 heterocycles. The van der Waals surface area contributed by atoms with E-state index in [1.54, 1.807) is 0 Å². The third-order valence-electron chi connectivity index (χ3n) is 3.78. The van der Waals surface area contributed by atoms with E-state index < -0.39 is 29.3 Å². The number of hydrogen-bond donors (Lipinski definition) is 0. The SMILES string of the molecule is CC(C)c1noc([C@@H]2CCCN2C(=O)c2ncc(F)cc2F)n1. The van der Waals surface area contributed by atoms with Crippen molar-refractivity contribution in [2.45, 2.75) is 38.6 Å². The molecule has 1 fully saturated rings. The highest BCUT2D eigenvalue weighted by Crippen LogP contribution is 2.32. The molecule has 0 aliphatic carbocycles. The summed E-state index contributed by atoms with van der Waals surface area (Å²) in [6.45, 7) is 4.30. The Hall–Kier alpha value is -2.38. The van der Waals surface area contributed by atoms with Crippen molar-refractivity contribution in [2.75, 3.05) is 6.54 Å². The highest BCUT2D eigenvalue weighted by Gasteiger charge is 2.36. The fraction of sp³-hybridized carbons (Fsp3) is 0.467. The van der Waals surface area contributed by atoms with Gasteiger partial charge in [0.1, 0.15) is 11.9 Å². The van der Waals surface area contributed by atoms with Crippen LogP contribution in [0, 0.1) is 11.6 Å². The summed E-state index contributed by atoms with van der Waals surface area (Å²) in [7, 11) is 0. The molecular formula is C15H16F2N4O2. The smallest absolute Gasteiger partial charge is 0.276 e. The van der Waals surface area contributed by atoms with E-state index in [0.29, 0.717) is 30.7 Å². The van der Waals surface area contributed by atoms with Gasteiger partial charge in [-0.25, -0.2) is 13.8 Å². The normalized spacial score (nSPS) is 18.0. The summed E-state index contributed by atoms with van der Waals surface area (Å²) in [4.78, 5) is 21.8. The summed E-state index contributed by atoms with van der Waals surface area (Å²) in [6.07, 6.45) is 2.21. The fourth-order valence-corrected chi connectivity index (χ4v) is 2.59. The van der Waals surface area contributed by atoms with E-state index >= 15 is 0 Å². The van der Waals surface area contributed by atoms with Crippen LogP contribution in [-0.2, 0) is 0 Å². The van der Waals surface area contributed by atoms with Gasteiger partial charge in [0.25, 0.3) is 5.91 Å². The summed E-state index contributed by atoms with van der Waals surface area (Å²) < 4.78 is 32.0. The standard InChI is InChI=1S/C15H16F2N4O2/c1-8(2)13-19-14(23-20-13)11-4-3-5-21(11)15(22)12-10(17)6-9(16)7-18-12/h6-8,11H,3-5H2,1-2H3/t11-/m0/s1. The van der Waals surface area contributed by atoms with Crippen LogP contribution in [0.2, 0.25) is 0 Å². The molecule has 1 amide bonds. The van der Waals surface area contributed by atoms with Crippen LogP contribution in [0.5, 0.6) is 0 Å². The van der Waals surface area contributed by atoms with Crippen molar-refractivity contribution in [3.63, 3.8) is 0 Å². The lowest BCUT2D eigenvalue weighted by Gasteiger charge is -2.21. The second-order valence-electron chi connectivity index (χ2n) is 5.79. The first-order chi connectivity index (χ1) is 11.0. The van der Waals surface area contributed by atoms with Crippen molar-refractivity contribution in [1.29, 1.82) is 0 Å². The van der Waals surface area contributed by atoms with Crippen molar-refractivity contribution < 1.29 is 18.1 Å². The number of nitrogens with zero attached hydrogens (tertiary/aromatic N) is 4. The highest BCUT2D eigenvalue weighted by molar-refractivity contribution is 5.93. The van der Waals surface area contributed by atoms with E-state index in [1.165, 1.54) is 4.90 Å². The molecule has 1 atom stereocenters. The minimum Gasteiger partial charge on any atom is -0.337 e. The van der Waals surface area contributed by atoms with E-state index in [-0.39, 0.29) is 5.92 Å². The number of aromatic nitrogens is 3. The van der Waals surface area contributed by atoms with Gasteiger partial charge in [0, 0.05) is 18.5 Å². The Balaban J connectivity index is 1.87. The molecule has 0 radical (unpaired) electrons. The molecule has 1 aliphatic rings. The molecule has 0 spiro atoms. The lowest BCUT2D eigenvalue weighted by Crippen LogP contribution is -2.32. The van der Waals surface area contributed by atoms with Crippen LogP contribution >= 0.6 is 0 Å². The second-order valence-corrected chi connectivity index (χ2v) is 5.79. The molecule has 2 aromatic rings. The molecule has 1 aliphatic heterocycles. The van der Waals surface area contributed by atoms with Gasteiger partial charge in [-0.15, -0.1) is 0 Å². The van der Waals surface area contributed by atoms with Crippen LogP contribution < -0.4 is 0 Å². The molecular weight excluding hydrogens is 306 g/mol. The Morgan fingerprint density at radius 2 is 2.22 bits per heavy atom. The molecule has 6 nitrogen and oxygen atoms in total. The number of halogens is 2. The number of likely N-dealkylation sites (tertiary alicyclic amines) is 1. The zero-order chi connectivity index (χ0) is 16.6. The molecule has 122 valence electrons. The van der Waals surface area contributed by atoms with Crippen LogP contribution in [0.25, 0.3) is 0 Å². The number of amides is 1. The topological polar surface area (TPSA) is 72.1 Å². The van der Waals surface area contributed by atoms with Crippen LogP contribution in [0.3, 0.4) is 0 Å². The van der Waals surface area contributed by atoms with Crippen molar-refractivity contribution in [1.82, 2.24) is 20.0 Å². The average molecular weight is 322 g/mol. The van der Waals surface area contributed by atoms with Crippen molar-refractivity contribution in [3.05, 3.63) is 41.3 Å². The first-order valence-corrected chi connectivity index (χ1v) is 7.43. The summed E-state index contributed by atoms with van der Waals surface area (Å²) in [5.41, 5.74) is -0.401. The van der Waals surface area contributed by atoms with Crippen LogP contribution in [-0.4, -0.2) is 32.5 Å². The van der Waals surface area contributed by atoms with E-state index in [1.807, 2.05) is 13.8 Å². The number of carbonyl (C=O) groups excluding carboxylic acids is 1. The largest absolute Gasteiger partial charge is 0.337 e. The van der Waals surface area contributed by atoms with Gasteiger partial charge in [-0.3, -0.25) is 4.79 Å². The molecule has 8 heteroatoms. The Labute approximate surface area is 131 Å². The minimum atomic E-state index is -0.978. The lowest BCUT2D eigenvalue weighted by molar-refractivity contribution is 0.0698. The van der Waals surface area contributed by atoms with Crippen molar-refractivity contribution >= 4 is 5.91 Å². The number of rotatable bonds is 3. The molecule has 0 bridgehead atoms. The van der Waals surface area contributed by atoms with Gasteiger partial charge in [0.05, 0.1) is 6.20 Å². The molecule has 23 heavy (non-hydrogen) atoms. The Morgan fingerprint density at radius 1 is 1.43 bits per heavy atom. The molecule has 0 saturated carbocycles. The van der Waals surface area contributed by atoms with Crippen molar-refractivity contribution in [3.8, 4) is 0 Å². The lowest BCUT2D eigenvalue weighted by atomic mass is 10.2. The van der Waals surface area contributed by atoms with Crippen molar-refractivity contribution in [2.24, 2.45) is 0 Å². The third kappa shape index (κ3) is 2.93. The van der Waals surface area contributed by atoms with Gasteiger partial charge in [0.2, 0.25) is 5.89 Å². The zero-order valence-corrected chi connectivity index (χ0v) is 12.8.